The number of nitrogens with zero attached hydrogens (tertiary/aromatic N) is 2. The molecule has 0 saturated carbocycles. The zero-order chi connectivity index (χ0) is 19.4. The number of halogens is 2. The minimum atomic E-state index is -0.395. The van der Waals surface area contributed by atoms with Gasteiger partial charge in [0.25, 0.3) is 5.91 Å². The van der Waals surface area contributed by atoms with Crippen LogP contribution in [0.1, 0.15) is 22.0 Å². The normalized spacial score (nSPS) is 11.0. The van der Waals surface area contributed by atoms with Crippen molar-refractivity contribution in [2.75, 3.05) is 19.4 Å². The number of hydrogen-bond acceptors (Lipinski definition) is 5. The molecule has 0 aliphatic rings. The molecule has 2 aromatic heterocycles. The molecule has 7 nitrogen and oxygen atoms in total. The summed E-state index contributed by atoms with van der Waals surface area (Å²) in [6.07, 6.45) is 0. The number of rotatable bonds is 7. The van der Waals surface area contributed by atoms with Crippen molar-refractivity contribution in [3.05, 3.63) is 63.7 Å². The fourth-order valence-corrected chi connectivity index (χ4v) is 2.81. The van der Waals surface area contributed by atoms with Gasteiger partial charge in [0, 0.05) is 17.6 Å². The molecule has 0 aliphatic heterocycles. The number of hydrogen-bond donors (Lipinski definition) is 2. The van der Waals surface area contributed by atoms with Crippen LogP contribution in [0.15, 0.2) is 40.8 Å². The molecule has 1 amide bonds. The largest absolute Gasteiger partial charge is 0.484 e. The summed E-state index contributed by atoms with van der Waals surface area (Å²) < 4.78 is 11.1. The van der Waals surface area contributed by atoms with Crippen LogP contribution in [0.25, 0.3) is 0 Å². The molecule has 1 aromatic carbocycles. The van der Waals surface area contributed by atoms with Crippen molar-refractivity contribution < 1.29 is 13.9 Å². The van der Waals surface area contributed by atoms with E-state index in [-0.39, 0.29) is 12.4 Å². The Balaban J connectivity index is 1.58. The minimum Gasteiger partial charge on any atom is -0.484 e. The highest BCUT2D eigenvalue weighted by Crippen LogP contribution is 2.28. The van der Waals surface area contributed by atoms with Gasteiger partial charge in [0.15, 0.2) is 11.6 Å². The molecule has 0 saturated heterocycles. The topological polar surface area (TPSA) is 83.4 Å². The Bertz CT molecular complexity index is 936. The predicted octanol–water partition coefficient (Wildman–Crippen LogP) is 4.20. The first-order valence-electron chi connectivity index (χ1n) is 8.07. The molecule has 0 unspecified atom stereocenters. The zero-order valence-corrected chi connectivity index (χ0v) is 16.3. The lowest BCUT2D eigenvalue weighted by Crippen LogP contribution is -2.11. The maximum absolute atomic E-state index is 12.3. The first-order chi connectivity index (χ1) is 12.9. The van der Waals surface area contributed by atoms with E-state index in [9.17, 15) is 4.79 Å². The van der Waals surface area contributed by atoms with Crippen LogP contribution in [-0.4, -0.2) is 35.1 Å². The summed E-state index contributed by atoms with van der Waals surface area (Å²) in [5.74, 6) is 1.16. The average Bonchev–Trinajstić information content (AvgIpc) is 3.23. The summed E-state index contributed by atoms with van der Waals surface area (Å²) in [6, 6.07) is 9.95. The quantitative estimate of drug-likeness (QED) is 0.611. The molecular weight excluding hydrogens is 391 g/mol. The molecule has 0 bridgehead atoms. The number of furan rings is 1. The van der Waals surface area contributed by atoms with Crippen molar-refractivity contribution in [1.29, 1.82) is 0 Å². The molecule has 3 rings (SSSR count). The van der Waals surface area contributed by atoms with Crippen LogP contribution >= 0.6 is 23.2 Å². The van der Waals surface area contributed by atoms with E-state index in [0.29, 0.717) is 33.9 Å². The van der Waals surface area contributed by atoms with Gasteiger partial charge in [0.2, 0.25) is 0 Å². The third kappa shape index (κ3) is 5.26. The molecule has 9 heteroatoms. The average molecular weight is 409 g/mol. The standard InChI is InChI=1S/C18H18Cl2N4O3/c1-24(2)9-12-8-17(23-22-12)21-18(25)16-6-4-13(27-16)10-26-15-5-3-11(19)7-14(15)20/h3-8H,9-10H2,1-2H3,(H2,21,22,23,25). The van der Waals surface area contributed by atoms with Gasteiger partial charge in [-0.1, -0.05) is 23.2 Å². The molecule has 142 valence electrons. The Morgan fingerprint density at radius 2 is 2.07 bits per heavy atom. The summed E-state index contributed by atoms with van der Waals surface area (Å²) in [5, 5.41) is 10.5. The van der Waals surface area contributed by atoms with Crippen LogP contribution in [0.4, 0.5) is 5.82 Å². The van der Waals surface area contributed by atoms with Crippen molar-refractivity contribution in [3.8, 4) is 5.75 Å². The molecule has 3 aromatic rings. The van der Waals surface area contributed by atoms with E-state index in [4.69, 9.17) is 32.4 Å². The smallest absolute Gasteiger partial charge is 0.292 e. The van der Waals surface area contributed by atoms with Gasteiger partial charge in [-0.25, -0.2) is 0 Å². The Kier molecular flexibility index (Phi) is 6.05. The van der Waals surface area contributed by atoms with Crippen LogP contribution in [0.5, 0.6) is 5.75 Å². The number of benzene rings is 1. The van der Waals surface area contributed by atoms with E-state index in [1.54, 1.807) is 36.4 Å². The maximum Gasteiger partial charge on any atom is 0.292 e. The highest BCUT2D eigenvalue weighted by molar-refractivity contribution is 6.35. The molecule has 0 fully saturated rings. The van der Waals surface area contributed by atoms with Gasteiger partial charge in [0.1, 0.15) is 18.1 Å². The molecule has 0 radical (unpaired) electrons. The molecule has 0 atom stereocenters. The number of ether oxygens (including phenoxy) is 1. The second-order valence-electron chi connectivity index (χ2n) is 6.10. The Labute approximate surface area is 166 Å². The predicted molar refractivity (Wildman–Crippen MR) is 103 cm³/mol. The lowest BCUT2D eigenvalue weighted by atomic mass is 10.3. The van der Waals surface area contributed by atoms with Gasteiger partial charge < -0.3 is 19.4 Å². The van der Waals surface area contributed by atoms with Crippen molar-refractivity contribution in [2.45, 2.75) is 13.2 Å². The number of anilines is 1. The third-order valence-corrected chi connectivity index (χ3v) is 4.04. The maximum atomic E-state index is 12.3. The van der Waals surface area contributed by atoms with E-state index in [1.165, 1.54) is 0 Å². The van der Waals surface area contributed by atoms with Gasteiger partial charge in [-0.3, -0.25) is 9.89 Å². The van der Waals surface area contributed by atoms with Gasteiger partial charge in [-0.2, -0.15) is 5.10 Å². The van der Waals surface area contributed by atoms with E-state index in [1.807, 2.05) is 19.0 Å². The van der Waals surface area contributed by atoms with Crippen molar-refractivity contribution in [1.82, 2.24) is 15.1 Å². The van der Waals surface area contributed by atoms with Crippen molar-refractivity contribution in [2.24, 2.45) is 0 Å². The van der Waals surface area contributed by atoms with Gasteiger partial charge in [-0.05, 0) is 44.4 Å². The SMILES string of the molecule is CN(C)Cc1cc(NC(=O)c2ccc(COc3ccc(Cl)cc3Cl)o2)n[nH]1. The van der Waals surface area contributed by atoms with Crippen LogP contribution in [0.2, 0.25) is 10.0 Å². The molecule has 27 heavy (non-hydrogen) atoms. The Morgan fingerprint density at radius 3 is 2.81 bits per heavy atom. The van der Waals surface area contributed by atoms with Crippen LogP contribution < -0.4 is 10.1 Å². The van der Waals surface area contributed by atoms with Gasteiger partial charge >= 0.3 is 0 Å². The number of aromatic amines is 1. The van der Waals surface area contributed by atoms with E-state index >= 15 is 0 Å². The highest BCUT2D eigenvalue weighted by atomic mass is 35.5. The van der Waals surface area contributed by atoms with Crippen molar-refractivity contribution >= 4 is 34.9 Å². The minimum absolute atomic E-state index is 0.129. The molecule has 0 spiro atoms. The van der Waals surface area contributed by atoms with E-state index < -0.39 is 5.91 Å². The zero-order valence-electron chi connectivity index (χ0n) is 14.8. The fraction of sp³-hybridized carbons (Fsp3) is 0.222. The van der Waals surface area contributed by atoms with Crippen LogP contribution in [-0.2, 0) is 13.2 Å². The lowest BCUT2D eigenvalue weighted by molar-refractivity contribution is 0.0992. The summed E-state index contributed by atoms with van der Waals surface area (Å²) >= 11 is 11.9. The molecule has 0 aliphatic carbocycles. The number of carbonyl (C=O) groups excluding carboxylic acids is 1. The molecule has 2 N–H and O–H groups in total. The Morgan fingerprint density at radius 1 is 1.26 bits per heavy atom. The summed E-state index contributed by atoms with van der Waals surface area (Å²) in [4.78, 5) is 14.3. The first-order valence-corrected chi connectivity index (χ1v) is 8.83. The van der Waals surface area contributed by atoms with Gasteiger partial charge in [-0.15, -0.1) is 0 Å². The van der Waals surface area contributed by atoms with Crippen LogP contribution in [0.3, 0.4) is 0 Å². The van der Waals surface area contributed by atoms with E-state index in [2.05, 4.69) is 15.5 Å². The number of carbonyl (C=O) groups is 1. The van der Waals surface area contributed by atoms with Gasteiger partial charge in [0.05, 0.1) is 10.7 Å². The summed E-state index contributed by atoms with van der Waals surface area (Å²) in [7, 11) is 3.89. The summed E-state index contributed by atoms with van der Waals surface area (Å²) in [6.45, 7) is 0.822. The fourth-order valence-electron chi connectivity index (χ4n) is 2.34. The summed E-state index contributed by atoms with van der Waals surface area (Å²) in [5.41, 5.74) is 0.892. The molecule has 2 heterocycles. The molecular formula is C18H18Cl2N4O3. The van der Waals surface area contributed by atoms with Crippen LogP contribution in [0, 0.1) is 0 Å². The second-order valence-corrected chi connectivity index (χ2v) is 6.94. The number of amides is 1. The number of nitrogens with one attached hydrogen (secondary N) is 2. The second kappa shape index (κ2) is 8.47. The monoisotopic (exact) mass is 408 g/mol. The third-order valence-electron chi connectivity index (χ3n) is 3.51. The highest BCUT2D eigenvalue weighted by Gasteiger charge is 2.14. The number of H-pyrrole nitrogens is 1. The first kappa shape index (κ1) is 19.3. The lowest BCUT2D eigenvalue weighted by Gasteiger charge is -2.06. The van der Waals surface area contributed by atoms with E-state index in [0.717, 1.165) is 5.69 Å². The van der Waals surface area contributed by atoms with Crippen molar-refractivity contribution in [3.63, 3.8) is 0 Å². The Hall–Kier alpha value is -2.48. The number of aromatic nitrogens is 2.